The molecule has 0 unspecified atom stereocenters. The Morgan fingerprint density at radius 2 is 2.16 bits per heavy atom. The molecule has 0 bridgehead atoms. The van der Waals surface area contributed by atoms with Crippen LogP contribution in [0.1, 0.15) is 25.8 Å². The van der Waals surface area contributed by atoms with Gasteiger partial charge in [-0.15, -0.1) is 0 Å². The van der Waals surface area contributed by atoms with Crippen LogP contribution in [0.3, 0.4) is 0 Å². The van der Waals surface area contributed by atoms with Crippen molar-refractivity contribution < 1.29 is 9.47 Å². The molecule has 0 aliphatic rings. The smallest absolute Gasteiger partial charge is 0.119 e. The average Bonchev–Trinajstić information content (AvgIpc) is 2.43. The summed E-state index contributed by atoms with van der Waals surface area (Å²) in [4.78, 5) is 0. The Balaban J connectivity index is 2.60. The van der Waals surface area contributed by atoms with Gasteiger partial charge in [-0.3, -0.25) is 0 Å². The first-order chi connectivity index (χ1) is 9.30. The number of benzene rings is 1. The van der Waals surface area contributed by atoms with Gasteiger partial charge in [0.25, 0.3) is 0 Å². The third-order valence-electron chi connectivity index (χ3n) is 2.83. The molecule has 1 aromatic rings. The molecule has 0 radical (unpaired) electrons. The third kappa shape index (κ3) is 6.41. The highest BCUT2D eigenvalue weighted by molar-refractivity contribution is 5.55. The summed E-state index contributed by atoms with van der Waals surface area (Å²) >= 11 is 0. The van der Waals surface area contributed by atoms with E-state index >= 15 is 0 Å². The molecular formula is C16H25NO2. The van der Waals surface area contributed by atoms with Gasteiger partial charge in [-0.1, -0.05) is 30.7 Å². The zero-order chi connectivity index (χ0) is 13.9. The summed E-state index contributed by atoms with van der Waals surface area (Å²) in [6, 6.07) is 8.20. The van der Waals surface area contributed by atoms with Gasteiger partial charge < -0.3 is 14.8 Å². The first-order valence-electron chi connectivity index (χ1n) is 6.92. The second kappa shape index (κ2) is 9.59. The molecule has 0 saturated heterocycles. The van der Waals surface area contributed by atoms with Crippen molar-refractivity contribution in [3.8, 4) is 5.75 Å². The fourth-order valence-corrected chi connectivity index (χ4v) is 1.80. The Morgan fingerprint density at radius 3 is 2.84 bits per heavy atom. The van der Waals surface area contributed by atoms with E-state index in [1.807, 2.05) is 19.1 Å². The van der Waals surface area contributed by atoms with Crippen molar-refractivity contribution in [3.63, 3.8) is 0 Å². The van der Waals surface area contributed by atoms with Gasteiger partial charge in [0.05, 0.1) is 13.2 Å². The van der Waals surface area contributed by atoms with Gasteiger partial charge in [0, 0.05) is 20.2 Å². The topological polar surface area (TPSA) is 30.5 Å². The molecule has 0 aliphatic heterocycles. The Labute approximate surface area is 116 Å². The van der Waals surface area contributed by atoms with Crippen LogP contribution in [0.15, 0.2) is 29.8 Å². The Morgan fingerprint density at radius 1 is 1.32 bits per heavy atom. The van der Waals surface area contributed by atoms with Crippen molar-refractivity contribution in [1.29, 1.82) is 0 Å². The molecule has 0 atom stereocenters. The monoisotopic (exact) mass is 263 g/mol. The van der Waals surface area contributed by atoms with Crippen LogP contribution in [0.2, 0.25) is 0 Å². The second-order valence-corrected chi connectivity index (χ2v) is 4.33. The third-order valence-corrected chi connectivity index (χ3v) is 2.83. The number of hydrogen-bond acceptors (Lipinski definition) is 3. The van der Waals surface area contributed by atoms with Crippen molar-refractivity contribution in [2.45, 2.75) is 20.3 Å². The first-order valence-corrected chi connectivity index (χ1v) is 6.92. The van der Waals surface area contributed by atoms with Gasteiger partial charge in [0.15, 0.2) is 0 Å². The van der Waals surface area contributed by atoms with E-state index in [9.17, 15) is 0 Å². The minimum Gasteiger partial charge on any atom is -0.494 e. The van der Waals surface area contributed by atoms with Crippen LogP contribution in [-0.2, 0) is 4.74 Å². The van der Waals surface area contributed by atoms with E-state index in [1.165, 1.54) is 11.1 Å². The highest BCUT2D eigenvalue weighted by atomic mass is 16.5. The molecule has 106 valence electrons. The summed E-state index contributed by atoms with van der Waals surface area (Å²) in [7, 11) is 1.72. The van der Waals surface area contributed by atoms with Crippen molar-refractivity contribution >= 4 is 6.08 Å². The summed E-state index contributed by atoms with van der Waals surface area (Å²) in [5.74, 6) is 0.930. The minimum absolute atomic E-state index is 0.701. The molecule has 0 heterocycles. The fraction of sp³-hybridized carbons (Fsp3) is 0.500. The molecule has 0 saturated carbocycles. The molecular weight excluding hydrogens is 238 g/mol. The summed E-state index contributed by atoms with van der Waals surface area (Å²) in [6.45, 7) is 7.41. The van der Waals surface area contributed by atoms with E-state index in [4.69, 9.17) is 9.47 Å². The second-order valence-electron chi connectivity index (χ2n) is 4.33. The highest BCUT2D eigenvalue weighted by Gasteiger charge is 1.98. The van der Waals surface area contributed by atoms with Gasteiger partial charge in [0.2, 0.25) is 0 Å². The van der Waals surface area contributed by atoms with Gasteiger partial charge in [-0.05, 0) is 31.0 Å². The number of hydrogen-bond donors (Lipinski definition) is 1. The molecule has 19 heavy (non-hydrogen) atoms. The van der Waals surface area contributed by atoms with E-state index in [2.05, 4.69) is 30.4 Å². The number of rotatable bonds is 9. The summed E-state index contributed by atoms with van der Waals surface area (Å²) in [5, 5.41) is 3.37. The van der Waals surface area contributed by atoms with Crippen molar-refractivity contribution in [2.75, 3.05) is 33.4 Å². The maximum absolute atomic E-state index is 5.51. The van der Waals surface area contributed by atoms with Crippen LogP contribution in [-0.4, -0.2) is 33.4 Å². The normalized spacial score (nSPS) is 11.6. The standard InChI is InChI=1S/C16H25NO2/c1-4-14(13-17-9-10-18-3)11-15-7-6-8-16(12-15)19-5-2/h6-8,11-12,17H,4-5,9-10,13H2,1-3H3. The van der Waals surface area contributed by atoms with Crippen molar-refractivity contribution in [3.05, 3.63) is 35.4 Å². The molecule has 3 heteroatoms. The van der Waals surface area contributed by atoms with Crippen LogP contribution < -0.4 is 10.1 Å². The van der Waals surface area contributed by atoms with Gasteiger partial charge in [-0.2, -0.15) is 0 Å². The molecule has 3 nitrogen and oxygen atoms in total. The number of methoxy groups -OCH3 is 1. The molecule has 0 aliphatic carbocycles. The van der Waals surface area contributed by atoms with Crippen LogP contribution in [0.25, 0.3) is 6.08 Å². The molecule has 0 spiro atoms. The Bertz CT molecular complexity index is 388. The van der Waals surface area contributed by atoms with Crippen molar-refractivity contribution in [1.82, 2.24) is 5.32 Å². The zero-order valence-electron chi connectivity index (χ0n) is 12.2. The average molecular weight is 263 g/mol. The van der Waals surface area contributed by atoms with Crippen LogP contribution >= 0.6 is 0 Å². The molecule has 0 fully saturated rings. The fourth-order valence-electron chi connectivity index (χ4n) is 1.80. The number of nitrogens with one attached hydrogen (secondary N) is 1. The summed E-state index contributed by atoms with van der Waals surface area (Å²) in [5.41, 5.74) is 2.57. The predicted octanol–water partition coefficient (Wildman–Crippen LogP) is 3.11. The lowest BCUT2D eigenvalue weighted by Gasteiger charge is -2.08. The molecule has 0 aromatic heterocycles. The van der Waals surface area contributed by atoms with Crippen molar-refractivity contribution in [2.24, 2.45) is 0 Å². The SMILES string of the molecule is CCOc1cccc(C=C(CC)CNCCOC)c1. The lowest BCUT2D eigenvalue weighted by Crippen LogP contribution is -2.21. The number of ether oxygens (including phenoxy) is 2. The lowest BCUT2D eigenvalue weighted by molar-refractivity contribution is 0.200. The maximum Gasteiger partial charge on any atom is 0.119 e. The quantitative estimate of drug-likeness (QED) is 0.694. The highest BCUT2D eigenvalue weighted by Crippen LogP contribution is 2.16. The molecule has 0 amide bonds. The molecule has 1 rings (SSSR count). The van der Waals surface area contributed by atoms with E-state index in [0.717, 1.165) is 31.9 Å². The minimum atomic E-state index is 0.701. The Hall–Kier alpha value is -1.32. The van der Waals surface area contributed by atoms with E-state index in [1.54, 1.807) is 7.11 Å². The van der Waals surface area contributed by atoms with Crippen LogP contribution in [0, 0.1) is 0 Å². The molecule has 1 aromatic carbocycles. The predicted molar refractivity (Wildman–Crippen MR) is 80.6 cm³/mol. The summed E-state index contributed by atoms with van der Waals surface area (Å²) in [6.07, 6.45) is 3.27. The van der Waals surface area contributed by atoms with Gasteiger partial charge in [-0.25, -0.2) is 0 Å². The Kier molecular flexibility index (Phi) is 7.94. The zero-order valence-corrected chi connectivity index (χ0v) is 12.2. The largest absolute Gasteiger partial charge is 0.494 e. The first kappa shape index (κ1) is 15.7. The lowest BCUT2D eigenvalue weighted by atomic mass is 10.1. The van der Waals surface area contributed by atoms with Gasteiger partial charge in [0.1, 0.15) is 5.75 Å². The van der Waals surface area contributed by atoms with Gasteiger partial charge >= 0.3 is 0 Å². The molecule has 1 N–H and O–H groups in total. The van der Waals surface area contributed by atoms with E-state index in [0.29, 0.717) is 6.61 Å². The summed E-state index contributed by atoms with van der Waals surface area (Å²) < 4.78 is 10.5. The van der Waals surface area contributed by atoms with Crippen LogP contribution in [0.5, 0.6) is 5.75 Å². The maximum atomic E-state index is 5.51. The van der Waals surface area contributed by atoms with E-state index in [-0.39, 0.29) is 0 Å². The van der Waals surface area contributed by atoms with Crippen LogP contribution in [0.4, 0.5) is 0 Å². The van der Waals surface area contributed by atoms with E-state index < -0.39 is 0 Å².